The molecule has 1 saturated carbocycles. The average Bonchev–Trinajstić information content (AvgIpc) is 3.66. The predicted molar refractivity (Wildman–Crippen MR) is 142 cm³/mol. The van der Waals surface area contributed by atoms with Crippen molar-refractivity contribution in [2.75, 3.05) is 0 Å². The number of carbonyl (C=O) groups excluding carboxylic acids is 3. The minimum atomic E-state index is -4.95. The average molecular weight is 606 g/mol. The summed E-state index contributed by atoms with van der Waals surface area (Å²) in [5.41, 5.74) is -0.280. The van der Waals surface area contributed by atoms with Gasteiger partial charge in [-0.05, 0) is 68.0 Å². The number of halogens is 6. The Balaban J connectivity index is 1.96. The van der Waals surface area contributed by atoms with Gasteiger partial charge >= 0.3 is 6.18 Å². The zero-order chi connectivity index (χ0) is 29.8. The zero-order valence-electron chi connectivity index (χ0n) is 21.6. The molecule has 3 rings (SSSR count). The van der Waals surface area contributed by atoms with E-state index < -0.39 is 65.5 Å². The highest BCUT2D eigenvalue weighted by molar-refractivity contribution is 6.38. The first-order chi connectivity index (χ1) is 18.6. The number of nitrogens with one attached hydrogen (secondary N) is 3. The largest absolute Gasteiger partial charge is 0.505 e. The number of hydrogen-bond donors (Lipinski definition) is 4. The van der Waals surface area contributed by atoms with Crippen LogP contribution in [0, 0.1) is 11.7 Å². The molecular weight excluding hydrogens is 577 g/mol. The minimum Gasteiger partial charge on any atom is -0.505 e. The SMILES string of the molecule is CC(C)NC(=O)C(=O)[C@H](CC1CC1)NC(=O)[C@H](Cc1cc(Cl)c(O)c(Cl)c1)N[C@@H](c1cccc(F)c1)C(F)(F)F. The van der Waals surface area contributed by atoms with E-state index in [2.05, 4.69) is 16.0 Å². The number of benzene rings is 2. The lowest BCUT2D eigenvalue weighted by Crippen LogP contribution is -2.55. The topological polar surface area (TPSA) is 108 Å². The maximum absolute atomic E-state index is 14.2. The summed E-state index contributed by atoms with van der Waals surface area (Å²) in [6.07, 6.45) is -3.64. The number of carbonyl (C=O) groups is 3. The highest BCUT2D eigenvalue weighted by atomic mass is 35.5. The first kappa shape index (κ1) is 31.6. The van der Waals surface area contributed by atoms with Crippen LogP contribution in [0.5, 0.6) is 5.75 Å². The van der Waals surface area contributed by atoms with Gasteiger partial charge in [-0.2, -0.15) is 13.2 Å². The lowest BCUT2D eigenvalue weighted by atomic mass is 9.99. The molecule has 2 aromatic rings. The molecule has 0 aliphatic heterocycles. The second-order valence-electron chi connectivity index (χ2n) is 10.1. The normalized spacial score (nSPS) is 15.8. The molecule has 0 unspecified atom stereocenters. The number of ketones is 1. The van der Waals surface area contributed by atoms with E-state index in [4.69, 9.17) is 23.2 Å². The van der Waals surface area contributed by atoms with Crippen molar-refractivity contribution in [3.05, 3.63) is 63.4 Å². The first-order valence-corrected chi connectivity index (χ1v) is 13.3. The van der Waals surface area contributed by atoms with Gasteiger partial charge in [-0.1, -0.05) is 48.2 Å². The summed E-state index contributed by atoms with van der Waals surface area (Å²) in [7, 11) is 0. The number of alkyl halides is 3. The van der Waals surface area contributed by atoms with E-state index in [1.54, 1.807) is 13.8 Å². The fraction of sp³-hybridized carbons (Fsp3) is 0.444. The number of Topliss-reactive ketones (excluding diaryl/α,β-unsaturated/α-hetero) is 1. The van der Waals surface area contributed by atoms with Gasteiger partial charge in [0.2, 0.25) is 11.7 Å². The van der Waals surface area contributed by atoms with Crippen LogP contribution in [-0.2, 0) is 20.8 Å². The van der Waals surface area contributed by atoms with Gasteiger partial charge in [0.1, 0.15) is 11.9 Å². The third kappa shape index (κ3) is 8.81. The summed E-state index contributed by atoms with van der Waals surface area (Å²) >= 11 is 11.9. The van der Waals surface area contributed by atoms with Gasteiger partial charge in [-0.25, -0.2) is 4.39 Å². The van der Waals surface area contributed by atoms with Crippen LogP contribution >= 0.6 is 23.2 Å². The third-order valence-electron chi connectivity index (χ3n) is 6.25. The van der Waals surface area contributed by atoms with Crippen LogP contribution in [0.3, 0.4) is 0 Å². The molecule has 4 N–H and O–H groups in total. The second kappa shape index (κ2) is 13.2. The Morgan fingerprint density at radius 1 is 1.02 bits per heavy atom. The van der Waals surface area contributed by atoms with E-state index in [1.165, 1.54) is 12.1 Å². The Bertz CT molecular complexity index is 1230. The number of phenols is 1. The highest BCUT2D eigenvalue weighted by Crippen LogP contribution is 2.36. The van der Waals surface area contributed by atoms with Crippen molar-refractivity contribution in [2.24, 2.45) is 5.92 Å². The van der Waals surface area contributed by atoms with E-state index in [0.717, 1.165) is 31.0 Å². The van der Waals surface area contributed by atoms with Crippen LogP contribution < -0.4 is 16.0 Å². The lowest BCUT2D eigenvalue weighted by Gasteiger charge is -2.29. The summed E-state index contributed by atoms with van der Waals surface area (Å²) in [6, 6.07) is 0.584. The van der Waals surface area contributed by atoms with Gasteiger partial charge in [0, 0.05) is 6.04 Å². The standard InChI is InChI=1S/C27H29Cl2F4N3O4/c1-13(2)34-26(40)23(38)20(10-14-6-7-14)36-25(39)21(11-15-8-18(28)22(37)19(29)9-15)35-24(27(31,32)33)16-4-3-5-17(30)12-16/h3-5,8-9,12-14,20-21,24,35,37H,6-7,10-11H2,1-2H3,(H,34,40)(H,36,39)/t20-,21-,24-/m0/s1. The highest BCUT2D eigenvalue weighted by Gasteiger charge is 2.44. The van der Waals surface area contributed by atoms with Crippen LogP contribution in [0.25, 0.3) is 0 Å². The summed E-state index contributed by atoms with van der Waals surface area (Å²) in [5, 5.41) is 16.7. The first-order valence-electron chi connectivity index (χ1n) is 12.6. The molecule has 3 atom stereocenters. The molecule has 13 heteroatoms. The third-order valence-corrected chi connectivity index (χ3v) is 6.83. The fourth-order valence-corrected chi connectivity index (χ4v) is 4.68. The second-order valence-corrected chi connectivity index (χ2v) is 10.9. The van der Waals surface area contributed by atoms with Gasteiger partial charge in [0.15, 0.2) is 5.75 Å². The molecule has 1 fully saturated rings. The zero-order valence-corrected chi connectivity index (χ0v) is 23.1. The lowest BCUT2D eigenvalue weighted by molar-refractivity contribution is -0.161. The Hall–Kier alpha value is -2.89. The van der Waals surface area contributed by atoms with Gasteiger partial charge in [0.05, 0.1) is 22.1 Å². The molecule has 0 heterocycles. The van der Waals surface area contributed by atoms with Crippen molar-refractivity contribution < 1.29 is 37.1 Å². The van der Waals surface area contributed by atoms with E-state index in [1.807, 2.05) is 0 Å². The fourth-order valence-electron chi connectivity index (χ4n) is 4.15. The van der Waals surface area contributed by atoms with Gasteiger partial charge in [-0.3, -0.25) is 19.7 Å². The van der Waals surface area contributed by atoms with Gasteiger partial charge in [0.25, 0.3) is 5.91 Å². The van der Waals surface area contributed by atoms with Crippen molar-refractivity contribution in [1.29, 1.82) is 0 Å². The predicted octanol–water partition coefficient (Wildman–Crippen LogP) is 5.02. The summed E-state index contributed by atoms with van der Waals surface area (Å²) in [4.78, 5) is 38.8. The van der Waals surface area contributed by atoms with E-state index in [0.29, 0.717) is 6.07 Å². The molecule has 1 aliphatic carbocycles. The van der Waals surface area contributed by atoms with E-state index in [-0.39, 0.29) is 34.0 Å². The quantitative estimate of drug-likeness (QED) is 0.201. The van der Waals surface area contributed by atoms with Crippen LogP contribution in [0.1, 0.15) is 50.3 Å². The Morgan fingerprint density at radius 2 is 1.65 bits per heavy atom. The molecule has 218 valence electrons. The number of phenolic OH excluding ortho intramolecular Hbond substituents is 1. The van der Waals surface area contributed by atoms with Crippen LogP contribution in [0.4, 0.5) is 17.6 Å². The van der Waals surface area contributed by atoms with Crippen molar-refractivity contribution in [3.63, 3.8) is 0 Å². The number of amides is 2. The summed E-state index contributed by atoms with van der Waals surface area (Å²) < 4.78 is 56.4. The minimum absolute atomic E-state index is 0.0810. The van der Waals surface area contributed by atoms with Gasteiger partial charge < -0.3 is 15.7 Å². The van der Waals surface area contributed by atoms with Crippen LogP contribution in [-0.4, -0.2) is 47.0 Å². The monoisotopic (exact) mass is 605 g/mol. The smallest absolute Gasteiger partial charge is 0.407 e. The summed E-state index contributed by atoms with van der Waals surface area (Å²) in [6.45, 7) is 3.30. The molecule has 7 nitrogen and oxygen atoms in total. The summed E-state index contributed by atoms with van der Waals surface area (Å²) in [5.74, 6) is -4.10. The van der Waals surface area contributed by atoms with Crippen LogP contribution in [0.15, 0.2) is 36.4 Å². The Kier molecular flexibility index (Phi) is 10.4. The molecule has 40 heavy (non-hydrogen) atoms. The van der Waals surface area contributed by atoms with Gasteiger partial charge in [-0.15, -0.1) is 0 Å². The molecule has 0 bridgehead atoms. The van der Waals surface area contributed by atoms with Crippen molar-refractivity contribution in [2.45, 2.75) is 69.9 Å². The van der Waals surface area contributed by atoms with Crippen LogP contribution in [0.2, 0.25) is 10.0 Å². The number of hydrogen-bond acceptors (Lipinski definition) is 5. The molecule has 0 spiro atoms. The number of aromatic hydroxyl groups is 1. The van der Waals surface area contributed by atoms with Crippen molar-refractivity contribution >= 4 is 40.8 Å². The molecule has 2 aromatic carbocycles. The van der Waals surface area contributed by atoms with Crippen molar-refractivity contribution in [3.8, 4) is 5.75 Å². The molecule has 2 amide bonds. The molecule has 1 aliphatic rings. The maximum Gasteiger partial charge on any atom is 0.407 e. The Morgan fingerprint density at radius 3 is 2.17 bits per heavy atom. The molecule has 0 saturated heterocycles. The van der Waals surface area contributed by atoms with Crippen molar-refractivity contribution in [1.82, 2.24) is 16.0 Å². The van der Waals surface area contributed by atoms with E-state index >= 15 is 0 Å². The molecule has 0 radical (unpaired) electrons. The molecule has 0 aromatic heterocycles. The number of rotatable bonds is 12. The molecular formula is C27H29Cl2F4N3O4. The Labute approximate surface area is 238 Å². The van der Waals surface area contributed by atoms with E-state index in [9.17, 15) is 37.1 Å². The maximum atomic E-state index is 14.2.